The summed E-state index contributed by atoms with van der Waals surface area (Å²) in [7, 11) is -3.02. The topological polar surface area (TPSA) is 66.5 Å². The monoisotopic (exact) mass is 336 g/mol. The lowest BCUT2D eigenvalue weighted by Crippen LogP contribution is -2.43. The SMILES string of the molecule is Cc1ccc(N2CCCC2)c(C(=O)N[C@H]2CCCS(=O)(=O)C2)c1. The van der Waals surface area contributed by atoms with E-state index >= 15 is 0 Å². The molecule has 23 heavy (non-hydrogen) atoms. The molecule has 1 atom stereocenters. The van der Waals surface area contributed by atoms with Gasteiger partial charge in [-0.15, -0.1) is 0 Å². The molecule has 1 N–H and O–H groups in total. The lowest BCUT2D eigenvalue weighted by atomic mass is 10.1. The summed E-state index contributed by atoms with van der Waals surface area (Å²) in [5.74, 6) is 0.143. The molecule has 1 aromatic rings. The first-order valence-electron chi connectivity index (χ1n) is 8.31. The van der Waals surface area contributed by atoms with Gasteiger partial charge in [-0.3, -0.25) is 4.79 Å². The average Bonchev–Trinajstić information content (AvgIpc) is 3.00. The molecule has 0 bridgehead atoms. The maximum atomic E-state index is 12.7. The van der Waals surface area contributed by atoms with E-state index in [1.165, 1.54) is 0 Å². The fourth-order valence-corrected chi connectivity index (χ4v) is 5.10. The van der Waals surface area contributed by atoms with Crippen molar-refractivity contribution in [1.29, 1.82) is 0 Å². The highest BCUT2D eigenvalue weighted by atomic mass is 32.2. The largest absolute Gasteiger partial charge is 0.371 e. The van der Waals surface area contributed by atoms with Crippen molar-refractivity contribution in [3.05, 3.63) is 29.3 Å². The van der Waals surface area contributed by atoms with E-state index in [0.717, 1.165) is 43.6 Å². The van der Waals surface area contributed by atoms with Crippen molar-refractivity contribution in [3.8, 4) is 0 Å². The predicted octanol–water partition coefficient (Wildman–Crippen LogP) is 1.90. The third-order valence-electron chi connectivity index (χ3n) is 4.64. The molecule has 5 nitrogen and oxygen atoms in total. The summed E-state index contributed by atoms with van der Waals surface area (Å²) >= 11 is 0. The maximum absolute atomic E-state index is 12.7. The number of amides is 1. The molecule has 0 aliphatic carbocycles. The van der Waals surface area contributed by atoms with E-state index in [2.05, 4.69) is 10.2 Å². The minimum atomic E-state index is -3.02. The van der Waals surface area contributed by atoms with Gasteiger partial charge < -0.3 is 10.2 Å². The molecule has 0 spiro atoms. The smallest absolute Gasteiger partial charge is 0.253 e. The average molecular weight is 336 g/mol. The number of hydrogen-bond donors (Lipinski definition) is 1. The Morgan fingerprint density at radius 3 is 2.65 bits per heavy atom. The van der Waals surface area contributed by atoms with Crippen molar-refractivity contribution in [2.24, 2.45) is 0 Å². The van der Waals surface area contributed by atoms with Crippen LogP contribution in [0.25, 0.3) is 0 Å². The number of aryl methyl sites for hydroxylation is 1. The molecule has 0 aromatic heterocycles. The van der Waals surface area contributed by atoms with Crippen LogP contribution in [0, 0.1) is 6.92 Å². The highest BCUT2D eigenvalue weighted by Gasteiger charge is 2.27. The molecule has 1 amide bonds. The van der Waals surface area contributed by atoms with Gasteiger partial charge in [0.15, 0.2) is 9.84 Å². The molecule has 126 valence electrons. The van der Waals surface area contributed by atoms with E-state index in [4.69, 9.17) is 0 Å². The van der Waals surface area contributed by atoms with Gasteiger partial charge in [-0.25, -0.2) is 8.42 Å². The number of carbonyl (C=O) groups excluding carboxylic acids is 1. The highest BCUT2D eigenvalue weighted by molar-refractivity contribution is 7.91. The van der Waals surface area contributed by atoms with E-state index < -0.39 is 9.84 Å². The number of sulfone groups is 1. The van der Waals surface area contributed by atoms with E-state index in [-0.39, 0.29) is 23.5 Å². The van der Waals surface area contributed by atoms with Gasteiger partial charge in [-0.2, -0.15) is 0 Å². The quantitative estimate of drug-likeness (QED) is 0.915. The van der Waals surface area contributed by atoms with Crippen molar-refractivity contribution in [2.75, 3.05) is 29.5 Å². The number of nitrogens with one attached hydrogen (secondary N) is 1. The van der Waals surface area contributed by atoms with Crippen molar-refractivity contribution in [2.45, 2.75) is 38.6 Å². The number of carbonyl (C=O) groups is 1. The Balaban J connectivity index is 1.80. The zero-order valence-electron chi connectivity index (χ0n) is 13.5. The van der Waals surface area contributed by atoms with Crippen molar-refractivity contribution < 1.29 is 13.2 Å². The number of rotatable bonds is 3. The van der Waals surface area contributed by atoms with Crippen molar-refractivity contribution in [3.63, 3.8) is 0 Å². The van der Waals surface area contributed by atoms with Crippen molar-refractivity contribution in [1.82, 2.24) is 5.32 Å². The third-order valence-corrected chi connectivity index (χ3v) is 6.46. The summed E-state index contributed by atoms with van der Waals surface area (Å²) in [5.41, 5.74) is 2.66. The number of anilines is 1. The van der Waals surface area contributed by atoms with Gasteiger partial charge in [0.25, 0.3) is 5.91 Å². The lowest BCUT2D eigenvalue weighted by Gasteiger charge is -2.25. The first-order valence-corrected chi connectivity index (χ1v) is 10.1. The second-order valence-electron chi connectivity index (χ2n) is 6.64. The molecule has 2 heterocycles. The Bertz CT molecular complexity index is 694. The molecule has 0 radical (unpaired) electrons. The highest BCUT2D eigenvalue weighted by Crippen LogP contribution is 2.26. The Labute approximate surface area is 138 Å². The number of hydrogen-bond acceptors (Lipinski definition) is 4. The van der Waals surface area contributed by atoms with E-state index in [9.17, 15) is 13.2 Å². The van der Waals surface area contributed by atoms with Crippen LogP contribution in [0.15, 0.2) is 18.2 Å². The standard InChI is InChI=1S/C17H24N2O3S/c1-13-6-7-16(19-8-2-3-9-19)15(11-13)17(20)18-14-5-4-10-23(21,22)12-14/h6-7,11,14H,2-5,8-10,12H2,1H3,(H,18,20)/t14-/m0/s1. The second kappa shape index (κ2) is 6.51. The first-order chi connectivity index (χ1) is 10.9. The zero-order chi connectivity index (χ0) is 16.4. The van der Waals surface area contributed by atoms with Gasteiger partial charge >= 0.3 is 0 Å². The van der Waals surface area contributed by atoms with Gasteiger partial charge in [-0.05, 0) is 44.7 Å². The fraction of sp³-hybridized carbons (Fsp3) is 0.588. The first kappa shape index (κ1) is 16.3. The predicted molar refractivity (Wildman–Crippen MR) is 91.8 cm³/mol. The summed E-state index contributed by atoms with van der Waals surface area (Å²) in [4.78, 5) is 15.0. The normalized spacial score (nSPS) is 23.7. The van der Waals surface area contributed by atoms with Crippen LogP contribution in [-0.2, 0) is 9.84 Å². The maximum Gasteiger partial charge on any atom is 0.253 e. The Kier molecular flexibility index (Phi) is 4.62. The van der Waals surface area contributed by atoms with Crippen LogP contribution in [0.4, 0.5) is 5.69 Å². The van der Waals surface area contributed by atoms with Crippen LogP contribution >= 0.6 is 0 Å². The summed E-state index contributed by atoms with van der Waals surface area (Å²) in [6, 6.07) is 5.66. The Hall–Kier alpha value is -1.56. The Morgan fingerprint density at radius 1 is 1.22 bits per heavy atom. The van der Waals surface area contributed by atoms with Gasteiger partial charge in [0, 0.05) is 24.8 Å². The van der Waals surface area contributed by atoms with Crippen LogP contribution in [0.3, 0.4) is 0 Å². The molecule has 0 unspecified atom stereocenters. The molecule has 2 aliphatic rings. The molecule has 2 saturated heterocycles. The van der Waals surface area contributed by atoms with Crippen LogP contribution in [0.1, 0.15) is 41.6 Å². The van der Waals surface area contributed by atoms with Gasteiger partial charge in [-0.1, -0.05) is 11.6 Å². The van der Waals surface area contributed by atoms with Crippen LogP contribution < -0.4 is 10.2 Å². The van der Waals surface area contributed by atoms with Crippen LogP contribution in [-0.4, -0.2) is 45.0 Å². The van der Waals surface area contributed by atoms with E-state index in [1.807, 2.05) is 25.1 Å². The van der Waals surface area contributed by atoms with Gasteiger partial charge in [0.05, 0.1) is 17.1 Å². The van der Waals surface area contributed by atoms with Gasteiger partial charge in [0.2, 0.25) is 0 Å². The molecule has 6 heteroatoms. The minimum absolute atomic E-state index is 0.0591. The number of nitrogens with zero attached hydrogens (tertiary/aromatic N) is 1. The summed E-state index contributed by atoms with van der Waals surface area (Å²) in [6.45, 7) is 3.91. The second-order valence-corrected chi connectivity index (χ2v) is 8.87. The van der Waals surface area contributed by atoms with E-state index in [1.54, 1.807) is 0 Å². The van der Waals surface area contributed by atoms with E-state index in [0.29, 0.717) is 12.0 Å². The molecule has 2 fully saturated rings. The summed E-state index contributed by atoms with van der Waals surface area (Å²) in [5, 5.41) is 2.94. The molecule has 2 aliphatic heterocycles. The Morgan fingerprint density at radius 2 is 1.96 bits per heavy atom. The molecular formula is C17H24N2O3S. The molecule has 1 aromatic carbocycles. The lowest BCUT2D eigenvalue weighted by molar-refractivity contribution is 0.0938. The summed E-state index contributed by atoms with van der Waals surface area (Å²) in [6.07, 6.45) is 3.65. The fourth-order valence-electron chi connectivity index (χ4n) is 3.47. The van der Waals surface area contributed by atoms with Gasteiger partial charge in [0.1, 0.15) is 0 Å². The van der Waals surface area contributed by atoms with Crippen LogP contribution in [0.2, 0.25) is 0 Å². The molecule has 3 rings (SSSR count). The minimum Gasteiger partial charge on any atom is -0.371 e. The molecular weight excluding hydrogens is 312 g/mol. The van der Waals surface area contributed by atoms with Crippen LogP contribution in [0.5, 0.6) is 0 Å². The summed E-state index contributed by atoms with van der Waals surface area (Å²) < 4.78 is 23.5. The number of benzene rings is 1. The van der Waals surface area contributed by atoms with Crippen molar-refractivity contribution >= 4 is 21.4 Å². The zero-order valence-corrected chi connectivity index (χ0v) is 14.4. The molecule has 0 saturated carbocycles. The third kappa shape index (κ3) is 3.86.